The fourth-order valence-corrected chi connectivity index (χ4v) is 3.50. The Kier molecular flexibility index (Phi) is 4.09. The van der Waals surface area contributed by atoms with Crippen LogP contribution in [-0.2, 0) is 0 Å². The first-order valence-electron chi connectivity index (χ1n) is 8.46. The van der Waals surface area contributed by atoms with Gasteiger partial charge in [0.15, 0.2) is 0 Å². The van der Waals surface area contributed by atoms with Crippen molar-refractivity contribution in [2.45, 2.75) is 5.92 Å². The molecule has 3 aromatic carbocycles. The van der Waals surface area contributed by atoms with Crippen LogP contribution < -0.4 is 15.2 Å². The second-order valence-electron chi connectivity index (χ2n) is 6.35. The lowest BCUT2D eigenvalue weighted by Crippen LogP contribution is -2.21. The molecule has 7 nitrogen and oxygen atoms in total. The number of hydrogen-bond acceptors (Lipinski definition) is 6. The van der Waals surface area contributed by atoms with Crippen LogP contribution in [0.3, 0.4) is 0 Å². The smallest absolute Gasteiger partial charge is 0.269 e. The lowest BCUT2D eigenvalue weighted by Gasteiger charge is -2.27. The normalized spacial score (nSPS) is 15.5. The maximum absolute atomic E-state index is 11.2. The van der Waals surface area contributed by atoms with E-state index in [4.69, 9.17) is 15.2 Å². The number of nitriles is 1. The zero-order chi connectivity index (χ0) is 19.8. The number of fused-ring (bicyclic) bond motifs is 3. The van der Waals surface area contributed by atoms with Crippen LogP contribution in [0.25, 0.3) is 10.8 Å². The standard InChI is InChI=1S/C21H15N3O4/c1-27-15-7-5-12-6-8-16-19(13-3-2-4-14(9-13)24(25)26)18(11-22)21(23)28-20(16)17(12)10-15/h2-10,19H,23H2,1H3. The van der Waals surface area contributed by atoms with Gasteiger partial charge >= 0.3 is 0 Å². The average molecular weight is 373 g/mol. The summed E-state index contributed by atoms with van der Waals surface area (Å²) >= 11 is 0. The molecule has 1 aliphatic rings. The van der Waals surface area contributed by atoms with E-state index in [2.05, 4.69) is 6.07 Å². The lowest BCUT2D eigenvalue weighted by molar-refractivity contribution is -0.384. The molecule has 1 aliphatic heterocycles. The summed E-state index contributed by atoms with van der Waals surface area (Å²) in [6, 6.07) is 17.7. The predicted molar refractivity (Wildman–Crippen MR) is 103 cm³/mol. The summed E-state index contributed by atoms with van der Waals surface area (Å²) < 4.78 is 11.1. The second-order valence-corrected chi connectivity index (χ2v) is 6.35. The first-order valence-corrected chi connectivity index (χ1v) is 8.46. The van der Waals surface area contributed by atoms with Crippen molar-refractivity contribution in [1.29, 1.82) is 5.26 Å². The Hall–Kier alpha value is -4.05. The molecule has 2 N–H and O–H groups in total. The monoisotopic (exact) mass is 373 g/mol. The van der Waals surface area contributed by atoms with E-state index in [9.17, 15) is 15.4 Å². The zero-order valence-corrected chi connectivity index (χ0v) is 14.9. The molecule has 138 valence electrons. The Morgan fingerprint density at radius 2 is 2.00 bits per heavy atom. The van der Waals surface area contributed by atoms with E-state index in [1.807, 2.05) is 30.3 Å². The molecular formula is C21H15N3O4. The third-order valence-electron chi connectivity index (χ3n) is 4.82. The number of nitro benzene ring substituents is 1. The van der Waals surface area contributed by atoms with E-state index in [0.29, 0.717) is 22.6 Å². The molecule has 1 atom stereocenters. The Morgan fingerprint density at radius 1 is 1.21 bits per heavy atom. The van der Waals surface area contributed by atoms with Crippen LogP contribution in [0.5, 0.6) is 11.5 Å². The molecule has 1 unspecified atom stereocenters. The van der Waals surface area contributed by atoms with E-state index in [1.54, 1.807) is 19.2 Å². The Morgan fingerprint density at radius 3 is 2.71 bits per heavy atom. The molecule has 4 rings (SSSR count). The van der Waals surface area contributed by atoms with Crippen molar-refractivity contribution >= 4 is 16.5 Å². The summed E-state index contributed by atoms with van der Waals surface area (Å²) in [5.41, 5.74) is 7.54. The van der Waals surface area contributed by atoms with Gasteiger partial charge in [-0.25, -0.2) is 0 Å². The molecule has 0 saturated carbocycles. The summed E-state index contributed by atoms with van der Waals surface area (Å²) in [4.78, 5) is 10.7. The minimum Gasteiger partial charge on any atom is -0.497 e. The van der Waals surface area contributed by atoms with E-state index in [0.717, 1.165) is 10.8 Å². The van der Waals surface area contributed by atoms with Gasteiger partial charge in [-0.05, 0) is 23.1 Å². The highest BCUT2D eigenvalue weighted by Gasteiger charge is 2.32. The largest absolute Gasteiger partial charge is 0.497 e. The summed E-state index contributed by atoms with van der Waals surface area (Å²) in [5, 5.41) is 22.6. The molecule has 7 heteroatoms. The molecule has 0 aromatic heterocycles. The van der Waals surface area contributed by atoms with Crippen molar-refractivity contribution in [1.82, 2.24) is 0 Å². The first kappa shape index (κ1) is 17.4. The van der Waals surface area contributed by atoms with Crippen molar-refractivity contribution in [2.24, 2.45) is 5.73 Å². The SMILES string of the molecule is COc1ccc2ccc3c(c2c1)OC(N)=C(C#N)C3c1cccc([N+](=O)[O-])c1. The molecule has 0 amide bonds. The molecule has 0 fully saturated rings. The number of allylic oxidation sites excluding steroid dienone is 1. The Balaban J connectivity index is 1.99. The number of rotatable bonds is 3. The average Bonchev–Trinajstić information content (AvgIpc) is 2.72. The van der Waals surface area contributed by atoms with E-state index in [-0.39, 0.29) is 17.1 Å². The zero-order valence-electron chi connectivity index (χ0n) is 14.9. The quantitative estimate of drug-likeness (QED) is 0.549. The van der Waals surface area contributed by atoms with Gasteiger partial charge in [-0.15, -0.1) is 0 Å². The second kappa shape index (κ2) is 6.59. The minimum absolute atomic E-state index is 0.0122. The van der Waals surface area contributed by atoms with Crippen LogP contribution in [-0.4, -0.2) is 12.0 Å². The van der Waals surface area contributed by atoms with Gasteiger partial charge in [0.1, 0.15) is 23.1 Å². The van der Waals surface area contributed by atoms with Gasteiger partial charge in [-0.3, -0.25) is 10.1 Å². The van der Waals surface area contributed by atoms with E-state index in [1.165, 1.54) is 12.1 Å². The van der Waals surface area contributed by atoms with Crippen molar-refractivity contribution < 1.29 is 14.4 Å². The molecule has 1 heterocycles. The molecule has 0 spiro atoms. The van der Waals surface area contributed by atoms with Crippen LogP contribution in [0.2, 0.25) is 0 Å². The summed E-state index contributed by atoms with van der Waals surface area (Å²) in [7, 11) is 1.57. The van der Waals surface area contributed by atoms with Crippen LogP contribution in [0.15, 0.2) is 66.1 Å². The van der Waals surface area contributed by atoms with Gasteiger partial charge in [0.2, 0.25) is 5.88 Å². The van der Waals surface area contributed by atoms with Gasteiger partial charge in [0, 0.05) is 23.1 Å². The molecule has 3 aromatic rings. The third kappa shape index (κ3) is 2.68. The highest BCUT2D eigenvalue weighted by molar-refractivity contribution is 5.92. The third-order valence-corrected chi connectivity index (χ3v) is 4.82. The number of nitrogens with zero attached hydrogens (tertiary/aromatic N) is 2. The van der Waals surface area contributed by atoms with Crippen molar-refractivity contribution in [3.63, 3.8) is 0 Å². The van der Waals surface area contributed by atoms with Crippen LogP contribution >= 0.6 is 0 Å². The predicted octanol–water partition coefficient (Wildman–Crippen LogP) is 3.97. The molecule has 0 saturated heterocycles. The number of ether oxygens (including phenoxy) is 2. The fourth-order valence-electron chi connectivity index (χ4n) is 3.50. The van der Waals surface area contributed by atoms with Gasteiger partial charge in [0.05, 0.1) is 18.0 Å². The summed E-state index contributed by atoms with van der Waals surface area (Å²) in [6.07, 6.45) is 0. The lowest BCUT2D eigenvalue weighted by atomic mass is 9.82. The fraction of sp³-hybridized carbons (Fsp3) is 0.0952. The van der Waals surface area contributed by atoms with Gasteiger partial charge in [-0.1, -0.05) is 30.3 Å². The van der Waals surface area contributed by atoms with Gasteiger partial charge in [0.25, 0.3) is 5.69 Å². The van der Waals surface area contributed by atoms with Crippen LogP contribution in [0, 0.1) is 21.4 Å². The first-order chi connectivity index (χ1) is 13.5. The number of nitro groups is 1. The molecule has 28 heavy (non-hydrogen) atoms. The number of methoxy groups -OCH3 is 1. The number of benzene rings is 3. The molecular weight excluding hydrogens is 358 g/mol. The van der Waals surface area contributed by atoms with Crippen LogP contribution in [0.4, 0.5) is 5.69 Å². The number of non-ortho nitro benzene ring substituents is 1. The molecule has 0 aliphatic carbocycles. The Bertz CT molecular complexity index is 1190. The van der Waals surface area contributed by atoms with Crippen molar-refractivity contribution in [2.75, 3.05) is 7.11 Å². The van der Waals surface area contributed by atoms with E-state index < -0.39 is 10.8 Å². The number of nitrogens with two attached hydrogens (primary N) is 1. The van der Waals surface area contributed by atoms with Gasteiger partial charge < -0.3 is 15.2 Å². The Labute approximate surface area is 160 Å². The summed E-state index contributed by atoms with van der Waals surface area (Å²) in [6.45, 7) is 0. The molecule has 0 radical (unpaired) electrons. The summed E-state index contributed by atoms with van der Waals surface area (Å²) in [5.74, 6) is 0.598. The van der Waals surface area contributed by atoms with Gasteiger partial charge in [-0.2, -0.15) is 5.26 Å². The maximum atomic E-state index is 11.2. The maximum Gasteiger partial charge on any atom is 0.269 e. The highest BCUT2D eigenvalue weighted by Crippen LogP contribution is 2.46. The van der Waals surface area contributed by atoms with E-state index >= 15 is 0 Å². The van der Waals surface area contributed by atoms with Crippen molar-refractivity contribution in [3.8, 4) is 17.6 Å². The van der Waals surface area contributed by atoms with Crippen LogP contribution in [0.1, 0.15) is 17.0 Å². The molecule has 0 bridgehead atoms. The minimum atomic E-state index is -0.566. The topological polar surface area (TPSA) is 111 Å². The number of hydrogen-bond donors (Lipinski definition) is 1. The van der Waals surface area contributed by atoms with Crippen molar-refractivity contribution in [3.05, 3.63) is 87.3 Å². The highest BCUT2D eigenvalue weighted by atomic mass is 16.6.